The van der Waals surface area contributed by atoms with Gasteiger partial charge in [0.25, 0.3) is 10.2 Å². The van der Waals surface area contributed by atoms with Gasteiger partial charge in [-0.3, -0.25) is 0 Å². The Morgan fingerprint density at radius 1 is 1.06 bits per heavy atom. The highest BCUT2D eigenvalue weighted by molar-refractivity contribution is 7.87. The van der Waals surface area contributed by atoms with Crippen molar-refractivity contribution in [1.82, 2.24) is 9.03 Å². The van der Waals surface area contributed by atoms with E-state index in [9.17, 15) is 18.6 Å². The molecule has 0 bridgehead atoms. The maximum Gasteiger partial charge on any atom is 0.280 e. The molecule has 0 atom stereocenters. The molecule has 110 valence electrons. The quantitative estimate of drug-likeness (QED) is 0.529. The third-order valence-corrected chi connectivity index (χ3v) is 4.65. The van der Waals surface area contributed by atoms with Crippen molar-refractivity contribution in [3.8, 4) is 0 Å². The molecule has 6 nitrogen and oxygen atoms in total. The first-order valence-electron chi connectivity index (χ1n) is 6.42. The molecule has 0 saturated carbocycles. The van der Waals surface area contributed by atoms with E-state index in [2.05, 4.69) is 4.72 Å². The maximum atomic E-state index is 12.2. The van der Waals surface area contributed by atoms with E-state index >= 15 is 0 Å². The van der Waals surface area contributed by atoms with Gasteiger partial charge in [-0.2, -0.15) is 17.4 Å². The van der Waals surface area contributed by atoms with Gasteiger partial charge in [0.2, 0.25) is 0 Å². The summed E-state index contributed by atoms with van der Waals surface area (Å²) in [4.78, 5) is 0. The summed E-state index contributed by atoms with van der Waals surface area (Å²) in [5.74, 6) is 0. The number of nitrogens with one attached hydrogen (secondary N) is 1. The second kappa shape index (κ2) is 8.06. The van der Waals surface area contributed by atoms with E-state index in [1.165, 1.54) is 4.31 Å². The largest absolute Gasteiger partial charge is 0.394 e. The molecule has 0 spiro atoms. The second-order valence-electron chi connectivity index (χ2n) is 4.46. The molecule has 0 aromatic carbocycles. The lowest BCUT2D eigenvalue weighted by Gasteiger charge is -2.32. The van der Waals surface area contributed by atoms with Crippen LogP contribution in [-0.2, 0) is 10.2 Å². The molecule has 0 aromatic rings. The van der Waals surface area contributed by atoms with Crippen LogP contribution < -0.4 is 4.72 Å². The minimum absolute atomic E-state index is 0.325. The minimum atomic E-state index is -3.68. The molecular weight excluding hydrogens is 256 g/mol. The predicted molar refractivity (Wildman–Crippen MR) is 71.4 cm³/mol. The lowest BCUT2D eigenvalue weighted by atomic mass is 10.0. The van der Waals surface area contributed by atoms with Crippen molar-refractivity contribution in [3.63, 3.8) is 0 Å². The Kier molecular flexibility index (Phi) is 7.97. The van der Waals surface area contributed by atoms with Crippen LogP contribution in [0.5, 0.6) is 0 Å². The van der Waals surface area contributed by atoms with Crippen LogP contribution in [0.3, 0.4) is 0 Å². The zero-order chi connectivity index (χ0) is 14.2. The van der Waals surface area contributed by atoms with E-state index in [-0.39, 0.29) is 0 Å². The summed E-state index contributed by atoms with van der Waals surface area (Å²) in [6.45, 7) is 5.54. The van der Waals surface area contributed by atoms with Gasteiger partial charge in [-0.05, 0) is 19.3 Å². The van der Waals surface area contributed by atoms with Crippen LogP contribution in [0.4, 0.5) is 0 Å². The van der Waals surface area contributed by atoms with Crippen LogP contribution in [0.2, 0.25) is 0 Å². The van der Waals surface area contributed by atoms with E-state index in [1.54, 1.807) is 6.92 Å². The van der Waals surface area contributed by atoms with Gasteiger partial charge in [0.15, 0.2) is 0 Å². The summed E-state index contributed by atoms with van der Waals surface area (Å²) in [5.41, 5.74) is -1.18. The van der Waals surface area contributed by atoms with Gasteiger partial charge in [-0.15, -0.1) is 0 Å². The van der Waals surface area contributed by atoms with E-state index in [1.807, 2.05) is 13.8 Å². The molecule has 0 aliphatic heterocycles. The third kappa shape index (κ3) is 4.81. The Morgan fingerprint density at radius 2 is 1.50 bits per heavy atom. The predicted octanol–water partition coefficient (Wildman–Crippen LogP) is 0.0762. The number of hydrogen-bond donors (Lipinski definition) is 3. The summed E-state index contributed by atoms with van der Waals surface area (Å²) < 4.78 is 28.2. The maximum absolute atomic E-state index is 12.2. The topological polar surface area (TPSA) is 89.9 Å². The SMILES string of the molecule is CCCN(CCC)S(=O)(=O)NC(CC)(CO)CO. The molecule has 18 heavy (non-hydrogen) atoms. The van der Waals surface area contributed by atoms with E-state index in [4.69, 9.17) is 0 Å². The van der Waals surface area contributed by atoms with Crippen LogP contribution >= 0.6 is 0 Å². The van der Waals surface area contributed by atoms with Gasteiger partial charge < -0.3 is 10.2 Å². The van der Waals surface area contributed by atoms with Gasteiger partial charge in [-0.25, -0.2) is 0 Å². The number of hydrogen-bond acceptors (Lipinski definition) is 4. The molecule has 0 amide bonds. The molecule has 0 aliphatic rings. The first kappa shape index (κ1) is 17.8. The monoisotopic (exact) mass is 282 g/mol. The minimum Gasteiger partial charge on any atom is -0.394 e. The highest BCUT2D eigenvalue weighted by atomic mass is 32.2. The van der Waals surface area contributed by atoms with Crippen molar-refractivity contribution < 1.29 is 18.6 Å². The Morgan fingerprint density at radius 3 is 1.78 bits per heavy atom. The summed E-state index contributed by atoms with van der Waals surface area (Å²) in [6, 6.07) is 0. The van der Waals surface area contributed by atoms with Gasteiger partial charge in [0, 0.05) is 13.1 Å². The smallest absolute Gasteiger partial charge is 0.280 e. The fraction of sp³-hybridized carbons (Fsp3) is 1.00. The van der Waals surface area contributed by atoms with Crippen molar-refractivity contribution >= 4 is 10.2 Å². The second-order valence-corrected chi connectivity index (χ2v) is 6.13. The molecule has 7 heteroatoms. The third-order valence-electron chi connectivity index (χ3n) is 2.91. The van der Waals surface area contributed by atoms with Crippen LogP contribution in [0, 0.1) is 0 Å². The normalized spacial score (nSPS) is 13.2. The fourth-order valence-electron chi connectivity index (χ4n) is 1.60. The van der Waals surface area contributed by atoms with E-state index in [0.717, 1.165) is 12.8 Å². The van der Waals surface area contributed by atoms with Crippen molar-refractivity contribution in [2.24, 2.45) is 0 Å². The van der Waals surface area contributed by atoms with Crippen LogP contribution in [0.15, 0.2) is 0 Å². The van der Waals surface area contributed by atoms with Crippen molar-refractivity contribution in [2.75, 3.05) is 26.3 Å². The Labute approximate surface area is 110 Å². The lowest BCUT2D eigenvalue weighted by molar-refractivity contribution is 0.104. The highest BCUT2D eigenvalue weighted by Crippen LogP contribution is 2.13. The van der Waals surface area contributed by atoms with Gasteiger partial charge in [0.05, 0.1) is 18.8 Å². The molecular formula is C11H26N2O4S. The summed E-state index contributed by atoms with van der Waals surface area (Å²) >= 11 is 0. The lowest BCUT2D eigenvalue weighted by Crippen LogP contribution is -2.57. The van der Waals surface area contributed by atoms with Gasteiger partial charge >= 0.3 is 0 Å². The van der Waals surface area contributed by atoms with Crippen molar-refractivity contribution in [3.05, 3.63) is 0 Å². The van der Waals surface area contributed by atoms with Crippen LogP contribution in [0.1, 0.15) is 40.0 Å². The average molecular weight is 282 g/mol. The Bertz CT molecular complexity index is 301. The molecule has 0 unspecified atom stereocenters. The van der Waals surface area contributed by atoms with Crippen molar-refractivity contribution in [2.45, 2.75) is 45.6 Å². The molecule has 3 N–H and O–H groups in total. The first-order valence-corrected chi connectivity index (χ1v) is 7.86. The molecule has 0 heterocycles. The summed E-state index contributed by atoms with van der Waals surface area (Å²) in [7, 11) is -3.68. The molecule has 0 aromatic heterocycles. The Hall–Kier alpha value is -0.210. The van der Waals surface area contributed by atoms with E-state index < -0.39 is 29.0 Å². The number of nitrogens with zero attached hydrogens (tertiary/aromatic N) is 1. The van der Waals surface area contributed by atoms with Gasteiger partial charge in [0.1, 0.15) is 0 Å². The standard InChI is InChI=1S/C11H26N2O4S/c1-4-7-13(8-5-2)18(16,17)12-11(6-3,9-14)10-15/h12,14-15H,4-10H2,1-3H3. The van der Waals surface area contributed by atoms with Crippen molar-refractivity contribution in [1.29, 1.82) is 0 Å². The molecule has 0 rings (SSSR count). The molecule has 0 fully saturated rings. The first-order chi connectivity index (χ1) is 8.41. The van der Waals surface area contributed by atoms with Gasteiger partial charge in [-0.1, -0.05) is 20.8 Å². The summed E-state index contributed by atoms with van der Waals surface area (Å²) in [6.07, 6.45) is 1.77. The number of aliphatic hydroxyl groups excluding tert-OH is 2. The Balaban J connectivity index is 4.99. The zero-order valence-electron chi connectivity index (χ0n) is 11.5. The van der Waals surface area contributed by atoms with Crippen LogP contribution in [0.25, 0.3) is 0 Å². The average Bonchev–Trinajstić information content (AvgIpc) is 2.36. The highest BCUT2D eigenvalue weighted by Gasteiger charge is 2.34. The van der Waals surface area contributed by atoms with Crippen LogP contribution in [-0.4, -0.2) is 54.8 Å². The number of aliphatic hydroxyl groups is 2. The molecule has 0 radical (unpaired) electrons. The fourth-order valence-corrected chi connectivity index (χ4v) is 3.40. The zero-order valence-corrected chi connectivity index (χ0v) is 12.3. The van der Waals surface area contributed by atoms with E-state index in [0.29, 0.717) is 19.5 Å². The summed E-state index contributed by atoms with van der Waals surface area (Å²) in [5, 5.41) is 18.6. The number of rotatable bonds is 10. The molecule has 0 aliphatic carbocycles. The molecule has 0 saturated heterocycles.